The predicted molar refractivity (Wildman–Crippen MR) is 69.2 cm³/mol. The van der Waals surface area contributed by atoms with Crippen molar-refractivity contribution in [3.63, 3.8) is 0 Å². The highest BCUT2D eigenvalue weighted by atomic mass is 16.5. The van der Waals surface area contributed by atoms with Crippen molar-refractivity contribution in [2.45, 2.75) is 32.5 Å². The van der Waals surface area contributed by atoms with Gasteiger partial charge in [0.25, 0.3) is 5.91 Å². The van der Waals surface area contributed by atoms with Crippen LogP contribution in [0.2, 0.25) is 0 Å². The number of carbonyl (C=O) groups excluding carboxylic acids is 1. The van der Waals surface area contributed by atoms with Crippen LogP contribution >= 0.6 is 0 Å². The SMILES string of the molecule is CC1CN(C(=O)c2cccnc2N)CC(C)(C)O1. The maximum Gasteiger partial charge on any atom is 0.257 e. The van der Waals surface area contributed by atoms with Crippen LogP contribution in [0.1, 0.15) is 31.1 Å². The van der Waals surface area contributed by atoms with E-state index in [1.807, 2.05) is 20.8 Å². The van der Waals surface area contributed by atoms with E-state index in [9.17, 15) is 4.79 Å². The summed E-state index contributed by atoms with van der Waals surface area (Å²) in [6, 6.07) is 3.43. The second-order valence-corrected chi connectivity index (χ2v) is 5.31. The summed E-state index contributed by atoms with van der Waals surface area (Å²) in [5.41, 5.74) is 5.87. The molecule has 2 rings (SSSR count). The van der Waals surface area contributed by atoms with Gasteiger partial charge in [-0.25, -0.2) is 4.98 Å². The first-order chi connectivity index (χ1) is 8.39. The van der Waals surface area contributed by atoms with Crippen molar-refractivity contribution in [1.29, 1.82) is 0 Å². The van der Waals surface area contributed by atoms with Gasteiger partial charge in [-0.1, -0.05) is 0 Å². The fraction of sp³-hybridized carbons (Fsp3) is 0.538. The first-order valence-electron chi connectivity index (χ1n) is 6.06. The molecule has 1 saturated heterocycles. The van der Waals surface area contributed by atoms with Gasteiger partial charge in [0, 0.05) is 19.3 Å². The number of morpholine rings is 1. The molecule has 1 fully saturated rings. The quantitative estimate of drug-likeness (QED) is 0.814. The summed E-state index contributed by atoms with van der Waals surface area (Å²) in [5, 5.41) is 0. The molecule has 98 valence electrons. The molecule has 18 heavy (non-hydrogen) atoms. The minimum atomic E-state index is -0.329. The van der Waals surface area contributed by atoms with E-state index in [1.54, 1.807) is 23.2 Å². The Balaban J connectivity index is 2.22. The van der Waals surface area contributed by atoms with E-state index in [4.69, 9.17) is 10.5 Å². The normalized spacial score (nSPS) is 22.8. The number of carbonyl (C=O) groups is 1. The molecule has 5 nitrogen and oxygen atoms in total. The first kappa shape index (κ1) is 12.8. The van der Waals surface area contributed by atoms with Crippen LogP contribution in [0.15, 0.2) is 18.3 Å². The van der Waals surface area contributed by atoms with E-state index in [1.165, 1.54) is 0 Å². The minimum absolute atomic E-state index is 0.0237. The molecule has 2 N–H and O–H groups in total. The van der Waals surface area contributed by atoms with Gasteiger partial charge in [0.2, 0.25) is 0 Å². The molecular weight excluding hydrogens is 230 g/mol. The van der Waals surface area contributed by atoms with Crippen molar-refractivity contribution in [3.8, 4) is 0 Å². The van der Waals surface area contributed by atoms with Crippen LogP contribution in [-0.2, 0) is 4.74 Å². The predicted octanol–water partition coefficient (Wildman–Crippen LogP) is 1.30. The summed E-state index contributed by atoms with van der Waals surface area (Å²) in [6.07, 6.45) is 1.61. The number of hydrogen-bond donors (Lipinski definition) is 1. The third-order valence-electron chi connectivity index (χ3n) is 2.93. The van der Waals surface area contributed by atoms with Crippen LogP contribution in [0.4, 0.5) is 5.82 Å². The topological polar surface area (TPSA) is 68.5 Å². The fourth-order valence-electron chi connectivity index (χ4n) is 2.38. The Hall–Kier alpha value is -1.62. The highest BCUT2D eigenvalue weighted by Gasteiger charge is 2.34. The molecule has 1 aromatic heterocycles. The number of amides is 1. The van der Waals surface area contributed by atoms with Crippen LogP contribution in [0.25, 0.3) is 0 Å². The first-order valence-corrected chi connectivity index (χ1v) is 6.06. The van der Waals surface area contributed by atoms with E-state index in [2.05, 4.69) is 4.98 Å². The number of nitrogen functional groups attached to an aromatic ring is 1. The average Bonchev–Trinajstić information content (AvgIpc) is 2.26. The second-order valence-electron chi connectivity index (χ2n) is 5.31. The summed E-state index contributed by atoms with van der Waals surface area (Å²) in [7, 11) is 0. The molecule has 0 aromatic carbocycles. The molecule has 1 unspecified atom stereocenters. The molecule has 0 saturated carbocycles. The third kappa shape index (κ3) is 2.61. The fourth-order valence-corrected chi connectivity index (χ4v) is 2.38. The van der Waals surface area contributed by atoms with Crippen LogP contribution in [0.3, 0.4) is 0 Å². The van der Waals surface area contributed by atoms with Crippen molar-refractivity contribution < 1.29 is 9.53 Å². The lowest BCUT2D eigenvalue weighted by Gasteiger charge is -2.41. The number of rotatable bonds is 1. The van der Waals surface area contributed by atoms with Gasteiger partial charge in [-0.3, -0.25) is 4.79 Å². The van der Waals surface area contributed by atoms with Crippen molar-refractivity contribution >= 4 is 11.7 Å². The monoisotopic (exact) mass is 249 g/mol. The molecule has 1 atom stereocenters. The maximum absolute atomic E-state index is 12.4. The summed E-state index contributed by atoms with van der Waals surface area (Å²) in [5.74, 6) is 0.197. The zero-order chi connectivity index (χ0) is 13.3. The lowest BCUT2D eigenvalue weighted by atomic mass is 10.0. The summed E-state index contributed by atoms with van der Waals surface area (Å²) < 4.78 is 5.78. The van der Waals surface area contributed by atoms with Gasteiger partial charge in [0.05, 0.1) is 17.3 Å². The molecule has 0 radical (unpaired) electrons. The standard InChI is InChI=1S/C13H19N3O2/c1-9-7-16(8-13(2,3)18-9)12(17)10-5-4-6-15-11(10)14/h4-6,9H,7-8H2,1-3H3,(H2,14,15). The summed E-state index contributed by atoms with van der Waals surface area (Å²) in [4.78, 5) is 18.1. The molecule has 0 bridgehead atoms. The average molecular weight is 249 g/mol. The van der Waals surface area contributed by atoms with Crippen molar-refractivity contribution in [3.05, 3.63) is 23.9 Å². The summed E-state index contributed by atoms with van der Waals surface area (Å²) >= 11 is 0. The highest BCUT2D eigenvalue weighted by Crippen LogP contribution is 2.23. The van der Waals surface area contributed by atoms with Gasteiger partial charge in [0.1, 0.15) is 5.82 Å². The Morgan fingerprint density at radius 3 is 2.94 bits per heavy atom. The molecule has 1 amide bonds. The van der Waals surface area contributed by atoms with Crippen LogP contribution < -0.4 is 5.73 Å². The Morgan fingerprint density at radius 2 is 2.33 bits per heavy atom. The molecule has 1 aliphatic rings. The van der Waals surface area contributed by atoms with Gasteiger partial charge >= 0.3 is 0 Å². The zero-order valence-electron chi connectivity index (χ0n) is 11.0. The molecule has 0 spiro atoms. The van der Waals surface area contributed by atoms with Crippen molar-refractivity contribution in [2.75, 3.05) is 18.8 Å². The largest absolute Gasteiger partial charge is 0.383 e. The Labute approximate surface area is 107 Å². The second kappa shape index (κ2) is 4.57. The third-order valence-corrected chi connectivity index (χ3v) is 2.93. The van der Waals surface area contributed by atoms with Crippen LogP contribution in [0.5, 0.6) is 0 Å². The lowest BCUT2D eigenvalue weighted by Crippen LogP contribution is -2.53. The van der Waals surface area contributed by atoms with Crippen molar-refractivity contribution in [1.82, 2.24) is 9.88 Å². The number of nitrogens with two attached hydrogens (primary N) is 1. The Kier molecular flexibility index (Phi) is 3.26. The number of pyridine rings is 1. The molecule has 2 heterocycles. The lowest BCUT2D eigenvalue weighted by molar-refractivity contribution is -0.118. The van der Waals surface area contributed by atoms with Gasteiger partial charge in [-0.15, -0.1) is 0 Å². The summed E-state index contributed by atoms with van der Waals surface area (Å²) in [6.45, 7) is 7.07. The van der Waals surface area contributed by atoms with Gasteiger partial charge < -0.3 is 15.4 Å². The number of nitrogens with zero attached hydrogens (tertiary/aromatic N) is 2. The number of aromatic nitrogens is 1. The molecule has 0 aliphatic carbocycles. The van der Waals surface area contributed by atoms with E-state index >= 15 is 0 Å². The van der Waals surface area contributed by atoms with E-state index in [0.29, 0.717) is 18.7 Å². The van der Waals surface area contributed by atoms with Crippen LogP contribution in [0, 0.1) is 0 Å². The van der Waals surface area contributed by atoms with E-state index < -0.39 is 0 Å². The maximum atomic E-state index is 12.4. The Morgan fingerprint density at radius 1 is 1.61 bits per heavy atom. The van der Waals surface area contributed by atoms with Gasteiger partial charge in [0.15, 0.2) is 0 Å². The molecule has 1 aliphatic heterocycles. The zero-order valence-corrected chi connectivity index (χ0v) is 11.0. The van der Waals surface area contributed by atoms with Crippen molar-refractivity contribution in [2.24, 2.45) is 0 Å². The van der Waals surface area contributed by atoms with E-state index in [0.717, 1.165) is 0 Å². The molecule has 1 aromatic rings. The number of ether oxygens (including phenoxy) is 1. The molecule has 5 heteroatoms. The number of anilines is 1. The Bertz CT molecular complexity index is 459. The number of hydrogen-bond acceptors (Lipinski definition) is 4. The molecular formula is C13H19N3O2. The smallest absolute Gasteiger partial charge is 0.257 e. The van der Waals surface area contributed by atoms with Crippen LogP contribution in [-0.4, -0.2) is 40.6 Å². The minimum Gasteiger partial charge on any atom is -0.383 e. The highest BCUT2D eigenvalue weighted by molar-refractivity contribution is 5.98. The van der Waals surface area contributed by atoms with E-state index in [-0.39, 0.29) is 23.4 Å². The van der Waals surface area contributed by atoms with Gasteiger partial charge in [-0.05, 0) is 32.9 Å². The van der Waals surface area contributed by atoms with Gasteiger partial charge in [-0.2, -0.15) is 0 Å².